The first kappa shape index (κ1) is 13.8. The number of benzene rings is 2. The van der Waals surface area contributed by atoms with Gasteiger partial charge in [0.15, 0.2) is 0 Å². The SMILES string of the molecule is Oc1cccc(Cl)c1CNCc1ccc(F)cc1F. The van der Waals surface area contributed by atoms with Crippen LogP contribution in [0.3, 0.4) is 0 Å². The fourth-order valence-electron chi connectivity index (χ4n) is 1.71. The smallest absolute Gasteiger partial charge is 0.130 e. The summed E-state index contributed by atoms with van der Waals surface area (Å²) < 4.78 is 26.1. The molecule has 0 saturated carbocycles. The van der Waals surface area contributed by atoms with Gasteiger partial charge in [-0.25, -0.2) is 8.78 Å². The first-order chi connectivity index (χ1) is 9.08. The number of hydrogen-bond donors (Lipinski definition) is 2. The lowest BCUT2D eigenvalue weighted by molar-refractivity contribution is 0.464. The summed E-state index contributed by atoms with van der Waals surface area (Å²) in [5.74, 6) is -1.12. The zero-order valence-corrected chi connectivity index (χ0v) is 10.7. The van der Waals surface area contributed by atoms with Gasteiger partial charge in [0.25, 0.3) is 0 Å². The van der Waals surface area contributed by atoms with Crippen LogP contribution in [0.4, 0.5) is 8.78 Å². The van der Waals surface area contributed by atoms with Gasteiger partial charge in [0.05, 0.1) is 0 Å². The van der Waals surface area contributed by atoms with Gasteiger partial charge in [-0.3, -0.25) is 0 Å². The predicted molar refractivity (Wildman–Crippen MR) is 70.0 cm³/mol. The van der Waals surface area contributed by atoms with Crippen molar-refractivity contribution in [1.82, 2.24) is 5.32 Å². The summed E-state index contributed by atoms with van der Waals surface area (Å²) in [4.78, 5) is 0. The Morgan fingerprint density at radius 3 is 2.58 bits per heavy atom. The van der Waals surface area contributed by atoms with Gasteiger partial charge in [-0.1, -0.05) is 23.7 Å². The molecule has 5 heteroatoms. The summed E-state index contributed by atoms with van der Waals surface area (Å²) in [6.45, 7) is 0.513. The van der Waals surface area contributed by atoms with Crippen molar-refractivity contribution < 1.29 is 13.9 Å². The van der Waals surface area contributed by atoms with Crippen LogP contribution >= 0.6 is 11.6 Å². The van der Waals surface area contributed by atoms with Gasteiger partial charge in [-0.15, -0.1) is 0 Å². The fraction of sp³-hybridized carbons (Fsp3) is 0.143. The maximum Gasteiger partial charge on any atom is 0.130 e. The van der Waals surface area contributed by atoms with Gasteiger partial charge in [0.2, 0.25) is 0 Å². The Morgan fingerprint density at radius 2 is 1.89 bits per heavy atom. The molecule has 0 aromatic heterocycles. The summed E-state index contributed by atoms with van der Waals surface area (Å²) in [7, 11) is 0. The molecule has 2 rings (SSSR count). The normalized spacial score (nSPS) is 10.7. The number of phenols is 1. The van der Waals surface area contributed by atoms with Crippen LogP contribution in [0.25, 0.3) is 0 Å². The highest BCUT2D eigenvalue weighted by molar-refractivity contribution is 6.31. The largest absolute Gasteiger partial charge is 0.508 e. The second-order valence-electron chi connectivity index (χ2n) is 4.08. The van der Waals surface area contributed by atoms with Crippen molar-refractivity contribution in [3.05, 3.63) is 64.2 Å². The number of phenolic OH excluding ortho intramolecular Hbond substituents is 1. The van der Waals surface area contributed by atoms with Crippen molar-refractivity contribution in [2.45, 2.75) is 13.1 Å². The molecule has 2 N–H and O–H groups in total. The summed E-state index contributed by atoms with van der Waals surface area (Å²) >= 11 is 5.94. The number of halogens is 3. The Morgan fingerprint density at radius 1 is 1.11 bits per heavy atom. The van der Waals surface area contributed by atoms with Crippen LogP contribution < -0.4 is 5.32 Å². The monoisotopic (exact) mass is 283 g/mol. The van der Waals surface area contributed by atoms with E-state index in [-0.39, 0.29) is 12.3 Å². The molecule has 19 heavy (non-hydrogen) atoms. The molecule has 2 nitrogen and oxygen atoms in total. The van der Waals surface area contributed by atoms with Crippen molar-refractivity contribution in [1.29, 1.82) is 0 Å². The first-order valence-electron chi connectivity index (χ1n) is 5.69. The third-order valence-corrected chi connectivity index (χ3v) is 3.08. The van der Waals surface area contributed by atoms with Crippen LogP contribution in [0, 0.1) is 11.6 Å². The number of rotatable bonds is 4. The highest BCUT2D eigenvalue weighted by Crippen LogP contribution is 2.24. The van der Waals surface area contributed by atoms with Gasteiger partial charge in [-0.2, -0.15) is 0 Å². The third-order valence-electron chi connectivity index (χ3n) is 2.73. The lowest BCUT2D eigenvalue weighted by Crippen LogP contribution is -2.14. The van der Waals surface area contributed by atoms with Gasteiger partial charge in [0.1, 0.15) is 17.4 Å². The van der Waals surface area contributed by atoms with Crippen molar-refractivity contribution in [3.63, 3.8) is 0 Å². The molecule has 0 atom stereocenters. The van der Waals surface area contributed by atoms with Crippen molar-refractivity contribution in [2.24, 2.45) is 0 Å². The molecule has 0 saturated heterocycles. The van der Waals surface area contributed by atoms with Crippen LogP contribution in [0.5, 0.6) is 5.75 Å². The van der Waals surface area contributed by atoms with Crippen molar-refractivity contribution in [2.75, 3.05) is 0 Å². The molecule has 0 radical (unpaired) electrons. The molecular weight excluding hydrogens is 272 g/mol. The molecule has 0 spiro atoms. The second-order valence-corrected chi connectivity index (χ2v) is 4.48. The molecule has 2 aromatic carbocycles. The summed E-state index contributed by atoms with van der Waals surface area (Å²) in [5, 5.41) is 13.0. The van der Waals surface area contributed by atoms with E-state index in [1.165, 1.54) is 18.2 Å². The molecule has 0 aliphatic carbocycles. The standard InChI is InChI=1S/C14H12ClF2NO/c15-12-2-1-3-14(19)11(12)8-18-7-9-4-5-10(16)6-13(9)17/h1-6,18-19H,7-8H2. The van der Waals surface area contributed by atoms with E-state index in [4.69, 9.17) is 11.6 Å². The van der Waals surface area contributed by atoms with Crippen LogP contribution in [-0.4, -0.2) is 5.11 Å². The highest BCUT2D eigenvalue weighted by Gasteiger charge is 2.07. The summed E-state index contributed by atoms with van der Waals surface area (Å²) in [6.07, 6.45) is 0. The van der Waals surface area contributed by atoms with Crippen molar-refractivity contribution >= 4 is 11.6 Å². The quantitative estimate of drug-likeness (QED) is 0.898. The maximum atomic E-state index is 13.4. The Kier molecular flexibility index (Phi) is 4.35. The van der Waals surface area contributed by atoms with Crippen LogP contribution in [0.1, 0.15) is 11.1 Å². The van der Waals surface area contributed by atoms with Crippen molar-refractivity contribution in [3.8, 4) is 5.75 Å². The number of hydrogen-bond acceptors (Lipinski definition) is 2. The lowest BCUT2D eigenvalue weighted by atomic mass is 10.1. The minimum absolute atomic E-state index is 0.0829. The molecule has 0 bridgehead atoms. The van der Waals surface area contributed by atoms with Gasteiger partial charge >= 0.3 is 0 Å². The minimum atomic E-state index is -0.606. The first-order valence-corrected chi connectivity index (χ1v) is 6.06. The van der Waals surface area contributed by atoms with E-state index in [0.717, 1.165) is 6.07 Å². The van der Waals surface area contributed by atoms with E-state index in [1.807, 2.05) is 0 Å². The minimum Gasteiger partial charge on any atom is -0.508 e. The molecule has 0 unspecified atom stereocenters. The second kappa shape index (κ2) is 5.99. The summed E-state index contributed by atoms with van der Waals surface area (Å²) in [6, 6.07) is 8.25. The topological polar surface area (TPSA) is 32.3 Å². The Labute approximate surface area is 114 Å². The fourth-order valence-corrected chi connectivity index (χ4v) is 1.95. The molecule has 100 valence electrons. The molecule has 0 aliphatic heterocycles. The van der Waals surface area contributed by atoms with Gasteiger partial charge < -0.3 is 10.4 Å². The molecular formula is C14H12ClF2NO. The van der Waals surface area contributed by atoms with Gasteiger partial charge in [-0.05, 0) is 18.2 Å². The Hall–Kier alpha value is -1.65. The molecule has 0 heterocycles. The van der Waals surface area contributed by atoms with Crippen LogP contribution in [0.15, 0.2) is 36.4 Å². The van der Waals surface area contributed by atoms with Crippen LogP contribution in [-0.2, 0) is 13.1 Å². The molecule has 0 aliphatic rings. The van der Waals surface area contributed by atoms with Crippen LogP contribution in [0.2, 0.25) is 5.02 Å². The van der Waals surface area contributed by atoms with Gasteiger partial charge in [0, 0.05) is 35.3 Å². The summed E-state index contributed by atoms with van der Waals surface area (Å²) in [5.41, 5.74) is 0.902. The Balaban J connectivity index is 2.00. The third kappa shape index (κ3) is 3.43. The predicted octanol–water partition coefficient (Wildman–Crippen LogP) is 3.61. The average molecular weight is 284 g/mol. The van der Waals surface area contributed by atoms with E-state index < -0.39 is 11.6 Å². The molecule has 2 aromatic rings. The molecule has 0 fully saturated rings. The van der Waals surface area contributed by atoms with E-state index >= 15 is 0 Å². The lowest BCUT2D eigenvalue weighted by Gasteiger charge is -2.09. The van der Waals surface area contributed by atoms with E-state index in [2.05, 4.69) is 5.32 Å². The number of nitrogens with one attached hydrogen (secondary N) is 1. The average Bonchev–Trinajstić information content (AvgIpc) is 2.35. The maximum absolute atomic E-state index is 13.4. The Bertz CT molecular complexity index is 569. The zero-order valence-electron chi connectivity index (χ0n) is 9.96. The number of aromatic hydroxyl groups is 1. The van der Waals surface area contributed by atoms with E-state index in [9.17, 15) is 13.9 Å². The van der Waals surface area contributed by atoms with E-state index in [0.29, 0.717) is 22.7 Å². The van der Waals surface area contributed by atoms with E-state index in [1.54, 1.807) is 12.1 Å². The zero-order chi connectivity index (χ0) is 13.8. The molecule has 0 amide bonds. The highest BCUT2D eigenvalue weighted by atomic mass is 35.5.